The smallest absolute Gasteiger partial charge is 0.228 e. The van der Waals surface area contributed by atoms with Crippen molar-refractivity contribution >= 4 is 23.1 Å². The van der Waals surface area contributed by atoms with Crippen LogP contribution in [-0.2, 0) is 9.59 Å². The fourth-order valence-corrected chi connectivity index (χ4v) is 4.05. The van der Waals surface area contributed by atoms with Crippen LogP contribution in [0.2, 0.25) is 0 Å². The predicted molar refractivity (Wildman–Crippen MR) is 114 cm³/mol. The fraction of sp³-hybridized carbons (Fsp3) is 0.333. The first-order chi connectivity index (χ1) is 14.2. The summed E-state index contributed by atoms with van der Waals surface area (Å²) in [6.45, 7) is 4.29. The monoisotopic (exact) mass is 390 g/mol. The molecule has 2 heterocycles. The van der Waals surface area contributed by atoms with E-state index in [0.29, 0.717) is 26.2 Å². The standard InChI is InChI=1S/C24H26N2O3/c1-2-29-22-10-8-21(9-11-22)26-17-20(16-23(26)27)24(28)25-14-12-19(13-15-25)18-6-4-3-5-7-18/h3-12,20H,2,13-17H2,1H3. The Morgan fingerprint density at radius 3 is 2.52 bits per heavy atom. The maximum Gasteiger partial charge on any atom is 0.228 e. The van der Waals surface area contributed by atoms with Crippen LogP contribution >= 0.6 is 0 Å². The minimum Gasteiger partial charge on any atom is -0.494 e. The third-order valence-electron chi connectivity index (χ3n) is 5.60. The van der Waals surface area contributed by atoms with Crippen molar-refractivity contribution in [3.8, 4) is 5.75 Å². The Labute approximate surface area is 171 Å². The summed E-state index contributed by atoms with van der Waals surface area (Å²) >= 11 is 0. The summed E-state index contributed by atoms with van der Waals surface area (Å²) < 4.78 is 5.46. The summed E-state index contributed by atoms with van der Waals surface area (Å²) in [5.74, 6) is 0.589. The highest BCUT2D eigenvalue weighted by molar-refractivity contribution is 6.00. The molecule has 2 aliphatic rings. The molecule has 2 aromatic rings. The summed E-state index contributed by atoms with van der Waals surface area (Å²) in [5.41, 5.74) is 3.32. The number of benzene rings is 2. The molecule has 150 valence electrons. The highest BCUT2D eigenvalue weighted by Crippen LogP contribution is 2.29. The Hall–Kier alpha value is -3.08. The van der Waals surface area contributed by atoms with Gasteiger partial charge in [-0.15, -0.1) is 0 Å². The Kier molecular flexibility index (Phi) is 5.65. The van der Waals surface area contributed by atoms with Gasteiger partial charge in [-0.05, 0) is 48.7 Å². The lowest BCUT2D eigenvalue weighted by Crippen LogP contribution is -2.39. The van der Waals surface area contributed by atoms with Crippen molar-refractivity contribution in [2.45, 2.75) is 19.8 Å². The van der Waals surface area contributed by atoms with Gasteiger partial charge in [-0.1, -0.05) is 36.4 Å². The number of carbonyl (C=O) groups is 2. The number of amides is 2. The van der Waals surface area contributed by atoms with Crippen molar-refractivity contribution in [1.29, 1.82) is 0 Å². The number of rotatable bonds is 5. The van der Waals surface area contributed by atoms with Gasteiger partial charge in [0, 0.05) is 31.7 Å². The van der Waals surface area contributed by atoms with Crippen LogP contribution < -0.4 is 9.64 Å². The van der Waals surface area contributed by atoms with Crippen molar-refractivity contribution in [2.24, 2.45) is 5.92 Å². The van der Waals surface area contributed by atoms with Gasteiger partial charge in [0.1, 0.15) is 5.75 Å². The molecule has 0 N–H and O–H groups in total. The molecule has 1 atom stereocenters. The van der Waals surface area contributed by atoms with Gasteiger partial charge in [0.05, 0.1) is 12.5 Å². The first-order valence-electron chi connectivity index (χ1n) is 10.2. The van der Waals surface area contributed by atoms with E-state index in [0.717, 1.165) is 17.9 Å². The molecule has 0 saturated carbocycles. The molecule has 0 aliphatic carbocycles. The van der Waals surface area contributed by atoms with Gasteiger partial charge in [0.15, 0.2) is 0 Å². The number of carbonyl (C=O) groups excluding carboxylic acids is 2. The second-order valence-corrected chi connectivity index (χ2v) is 7.46. The topological polar surface area (TPSA) is 49.9 Å². The molecule has 0 bridgehead atoms. The first-order valence-corrected chi connectivity index (χ1v) is 10.2. The average molecular weight is 390 g/mol. The average Bonchev–Trinajstić information content (AvgIpc) is 3.16. The van der Waals surface area contributed by atoms with Crippen LogP contribution in [0, 0.1) is 5.92 Å². The minimum absolute atomic E-state index is 0.00466. The van der Waals surface area contributed by atoms with Gasteiger partial charge in [0.25, 0.3) is 0 Å². The molecule has 1 fully saturated rings. The number of anilines is 1. The van der Waals surface area contributed by atoms with E-state index in [9.17, 15) is 9.59 Å². The zero-order valence-corrected chi connectivity index (χ0v) is 16.7. The molecular formula is C24H26N2O3. The summed E-state index contributed by atoms with van der Waals surface area (Å²) in [5, 5.41) is 0. The fourth-order valence-electron chi connectivity index (χ4n) is 4.05. The molecule has 1 saturated heterocycles. The van der Waals surface area contributed by atoms with Crippen molar-refractivity contribution < 1.29 is 14.3 Å². The van der Waals surface area contributed by atoms with Crippen LogP contribution in [0.1, 0.15) is 25.3 Å². The maximum atomic E-state index is 13.0. The van der Waals surface area contributed by atoms with Gasteiger partial charge >= 0.3 is 0 Å². The van der Waals surface area contributed by atoms with Crippen LogP contribution in [-0.4, -0.2) is 43.0 Å². The van der Waals surface area contributed by atoms with E-state index in [1.165, 1.54) is 11.1 Å². The molecule has 5 nitrogen and oxygen atoms in total. The van der Waals surface area contributed by atoms with E-state index >= 15 is 0 Å². The number of hydrogen-bond acceptors (Lipinski definition) is 3. The van der Waals surface area contributed by atoms with Gasteiger partial charge in [-0.25, -0.2) is 0 Å². The van der Waals surface area contributed by atoms with E-state index in [-0.39, 0.29) is 24.2 Å². The lowest BCUT2D eigenvalue weighted by Gasteiger charge is -2.29. The molecule has 5 heteroatoms. The zero-order chi connectivity index (χ0) is 20.2. The summed E-state index contributed by atoms with van der Waals surface area (Å²) in [6.07, 6.45) is 3.26. The minimum atomic E-state index is -0.277. The lowest BCUT2D eigenvalue weighted by atomic mass is 9.98. The molecule has 2 aromatic carbocycles. The number of hydrogen-bond donors (Lipinski definition) is 0. The van der Waals surface area contributed by atoms with E-state index in [4.69, 9.17) is 4.74 Å². The molecule has 29 heavy (non-hydrogen) atoms. The zero-order valence-electron chi connectivity index (χ0n) is 16.7. The first kappa shape index (κ1) is 19.2. The van der Waals surface area contributed by atoms with Crippen LogP contribution in [0.5, 0.6) is 5.75 Å². The van der Waals surface area contributed by atoms with Gasteiger partial charge in [0.2, 0.25) is 11.8 Å². The molecule has 2 amide bonds. The van der Waals surface area contributed by atoms with Gasteiger partial charge < -0.3 is 14.5 Å². The normalized spacial score (nSPS) is 19.3. The van der Waals surface area contributed by atoms with Gasteiger partial charge in [-0.2, -0.15) is 0 Å². The molecule has 0 radical (unpaired) electrons. The Morgan fingerprint density at radius 1 is 1.10 bits per heavy atom. The largest absolute Gasteiger partial charge is 0.494 e. The number of ether oxygens (including phenoxy) is 1. The Bertz CT molecular complexity index is 905. The predicted octanol–water partition coefficient (Wildman–Crippen LogP) is 3.75. The van der Waals surface area contributed by atoms with Crippen molar-refractivity contribution in [3.63, 3.8) is 0 Å². The summed E-state index contributed by atoms with van der Waals surface area (Å²) in [6, 6.07) is 17.8. The van der Waals surface area contributed by atoms with E-state index in [2.05, 4.69) is 18.2 Å². The Morgan fingerprint density at radius 2 is 1.86 bits per heavy atom. The van der Waals surface area contributed by atoms with E-state index in [1.807, 2.05) is 54.3 Å². The number of nitrogens with zero attached hydrogens (tertiary/aromatic N) is 2. The Balaban J connectivity index is 1.39. The van der Waals surface area contributed by atoms with E-state index < -0.39 is 0 Å². The molecule has 4 rings (SSSR count). The maximum absolute atomic E-state index is 13.0. The third-order valence-corrected chi connectivity index (χ3v) is 5.60. The quantitative estimate of drug-likeness (QED) is 0.781. The van der Waals surface area contributed by atoms with Crippen molar-refractivity contribution in [1.82, 2.24) is 4.90 Å². The molecular weight excluding hydrogens is 364 g/mol. The van der Waals surface area contributed by atoms with Crippen molar-refractivity contribution in [2.75, 3.05) is 31.1 Å². The molecule has 0 spiro atoms. The molecule has 1 unspecified atom stereocenters. The van der Waals surface area contributed by atoms with Crippen LogP contribution in [0.3, 0.4) is 0 Å². The third kappa shape index (κ3) is 4.19. The second kappa shape index (κ2) is 8.52. The van der Waals surface area contributed by atoms with Crippen LogP contribution in [0.4, 0.5) is 5.69 Å². The van der Waals surface area contributed by atoms with Crippen LogP contribution in [0.15, 0.2) is 60.7 Å². The molecule has 0 aromatic heterocycles. The summed E-state index contributed by atoms with van der Waals surface area (Å²) in [4.78, 5) is 29.1. The van der Waals surface area contributed by atoms with Crippen molar-refractivity contribution in [3.05, 3.63) is 66.2 Å². The summed E-state index contributed by atoms with van der Waals surface area (Å²) in [7, 11) is 0. The lowest BCUT2D eigenvalue weighted by molar-refractivity contribution is -0.135. The SMILES string of the molecule is CCOc1ccc(N2CC(C(=O)N3CC=C(c4ccccc4)CC3)CC2=O)cc1. The van der Waals surface area contributed by atoms with Gasteiger partial charge in [-0.3, -0.25) is 9.59 Å². The second-order valence-electron chi connectivity index (χ2n) is 7.46. The highest BCUT2D eigenvalue weighted by Gasteiger charge is 2.37. The molecule has 2 aliphatic heterocycles. The highest BCUT2D eigenvalue weighted by atomic mass is 16.5. The van der Waals surface area contributed by atoms with E-state index in [1.54, 1.807) is 4.90 Å². The van der Waals surface area contributed by atoms with Crippen LogP contribution in [0.25, 0.3) is 5.57 Å².